The first-order valence-electron chi connectivity index (χ1n) is 7.03. The fraction of sp³-hybridized carbons (Fsp3) is 0.294. The molecule has 2 aromatic carbocycles. The van der Waals surface area contributed by atoms with Crippen molar-refractivity contribution < 1.29 is 0 Å². The molecule has 0 bridgehead atoms. The second kappa shape index (κ2) is 5.49. The number of hydrogen-bond acceptors (Lipinski definition) is 2. The van der Waals surface area contributed by atoms with Crippen LogP contribution in [0.2, 0.25) is 0 Å². The Balaban J connectivity index is 1.96. The van der Waals surface area contributed by atoms with Gasteiger partial charge in [0.05, 0.1) is 11.7 Å². The molecule has 20 heavy (non-hydrogen) atoms. The van der Waals surface area contributed by atoms with Gasteiger partial charge in [-0.3, -0.25) is 0 Å². The van der Waals surface area contributed by atoms with Crippen LogP contribution in [0.4, 0.5) is 11.4 Å². The minimum Gasteiger partial charge on any atom is -0.399 e. The molecule has 3 heteroatoms. The van der Waals surface area contributed by atoms with Crippen molar-refractivity contribution in [1.82, 2.24) is 0 Å². The van der Waals surface area contributed by atoms with Crippen molar-refractivity contribution in [3.63, 3.8) is 0 Å². The number of benzene rings is 2. The minimum absolute atomic E-state index is 0.428. The lowest BCUT2D eigenvalue weighted by Gasteiger charge is -2.28. The molecule has 2 N–H and O–H groups in total. The van der Waals surface area contributed by atoms with E-state index in [-0.39, 0.29) is 0 Å². The number of aryl methyl sites for hydroxylation is 1. The number of nitrogens with two attached hydrogens (primary N) is 1. The fourth-order valence-corrected chi connectivity index (χ4v) is 3.73. The van der Waals surface area contributed by atoms with E-state index in [2.05, 4.69) is 58.1 Å². The van der Waals surface area contributed by atoms with Crippen LogP contribution in [0.3, 0.4) is 0 Å². The number of anilines is 2. The Morgan fingerprint density at radius 1 is 1.20 bits per heavy atom. The highest BCUT2D eigenvalue weighted by atomic mass is 79.9. The lowest BCUT2D eigenvalue weighted by atomic mass is 10.0. The summed E-state index contributed by atoms with van der Waals surface area (Å²) in [5.74, 6) is 0. The van der Waals surface area contributed by atoms with Gasteiger partial charge in [0.2, 0.25) is 0 Å². The van der Waals surface area contributed by atoms with Crippen LogP contribution in [-0.2, 0) is 0 Å². The predicted octanol–water partition coefficient (Wildman–Crippen LogP) is 4.68. The van der Waals surface area contributed by atoms with Crippen molar-refractivity contribution in [2.24, 2.45) is 0 Å². The Bertz CT molecular complexity index is 624. The Morgan fingerprint density at radius 3 is 2.80 bits per heavy atom. The van der Waals surface area contributed by atoms with Crippen LogP contribution >= 0.6 is 15.9 Å². The monoisotopic (exact) mass is 330 g/mol. The average molecular weight is 331 g/mol. The highest BCUT2D eigenvalue weighted by Crippen LogP contribution is 2.39. The normalized spacial score (nSPS) is 18.5. The molecule has 2 aromatic rings. The summed E-state index contributed by atoms with van der Waals surface area (Å²) in [6.45, 7) is 3.22. The molecule has 1 aliphatic heterocycles. The third-order valence-electron chi connectivity index (χ3n) is 3.96. The van der Waals surface area contributed by atoms with Gasteiger partial charge in [-0.25, -0.2) is 0 Å². The van der Waals surface area contributed by atoms with Crippen LogP contribution in [0.15, 0.2) is 46.9 Å². The molecule has 0 saturated carbocycles. The van der Waals surface area contributed by atoms with Gasteiger partial charge in [-0.1, -0.05) is 18.2 Å². The molecule has 0 amide bonds. The number of halogens is 1. The predicted molar refractivity (Wildman–Crippen MR) is 89.1 cm³/mol. The number of rotatable bonds is 2. The van der Waals surface area contributed by atoms with Crippen molar-refractivity contribution >= 4 is 27.3 Å². The Hall–Kier alpha value is -1.48. The lowest BCUT2D eigenvalue weighted by Crippen LogP contribution is -2.23. The van der Waals surface area contributed by atoms with E-state index in [4.69, 9.17) is 5.73 Å². The van der Waals surface area contributed by atoms with Crippen LogP contribution in [0.25, 0.3) is 0 Å². The van der Waals surface area contributed by atoms with Crippen molar-refractivity contribution in [1.29, 1.82) is 0 Å². The summed E-state index contributed by atoms with van der Waals surface area (Å²) in [5.41, 5.74) is 10.6. The third-order valence-corrected chi connectivity index (χ3v) is 4.60. The molecule has 1 unspecified atom stereocenters. The van der Waals surface area contributed by atoms with Crippen LogP contribution < -0.4 is 10.6 Å². The molecular formula is C17H19BrN2. The second-order valence-corrected chi connectivity index (χ2v) is 6.33. The van der Waals surface area contributed by atoms with Gasteiger partial charge >= 0.3 is 0 Å². The van der Waals surface area contributed by atoms with E-state index < -0.39 is 0 Å². The van der Waals surface area contributed by atoms with Crippen LogP contribution in [0.5, 0.6) is 0 Å². The van der Waals surface area contributed by atoms with Gasteiger partial charge in [0.1, 0.15) is 0 Å². The van der Waals surface area contributed by atoms with E-state index in [1.54, 1.807) is 0 Å². The quantitative estimate of drug-likeness (QED) is 0.810. The van der Waals surface area contributed by atoms with Crippen molar-refractivity contribution in [3.05, 3.63) is 58.1 Å². The van der Waals surface area contributed by atoms with Crippen molar-refractivity contribution in [2.45, 2.75) is 25.8 Å². The standard InChI is InChI=1S/C17H19BrN2/c1-12-7-8-17(15(18)10-12)20-9-3-6-16(20)13-4-2-5-14(19)11-13/h2,4-5,7-8,10-11,16H,3,6,9,19H2,1H3. The van der Waals surface area contributed by atoms with E-state index in [1.165, 1.54) is 34.1 Å². The van der Waals surface area contributed by atoms with Gasteiger partial charge in [-0.15, -0.1) is 0 Å². The smallest absolute Gasteiger partial charge is 0.0544 e. The summed E-state index contributed by atoms with van der Waals surface area (Å²) in [5, 5.41) is 0. The molecule has 0 aliphatic carbocycles. The topological polar surface area (TPSA) is 29.3 Å². The van der Waals surface area contributed by atoms with E-state index in [9.17, 15) is 0 Å². The summed E-state index contributed by atoms with van der Waals surface area (Å²) >= 11 is 3.71. The van der Waals surface area contributed by atoms with Gasteiger partial charge in [0.15, 0.2) is 0 Å². The zero-order chi connectivity index (χ0) is 14.1. The van der Waals surface area contributed by atoms with E-state index in [1.807, 2.05) is 12.1 Å². The van der Waals surface area contributed by atoms with E-state index in [0.29, 0.717) is 6.04 Å². The van der Waals surface area contributed by atoms with Gasteiger partial charge in [0, 0.05) is 16.7 Å². The first-order chi connectivity index (χ1) is 9.65. The first-order valence-corrected chi connectivity index (χ1v) is 7.83. The SMILES string of the molecule is Cc1ccc(N2CCCC2c2cccc(N)c2)c(Br)c1. The van der Waals surface area contributed by atoms with E-state index in [0.717, 1.165) is 12.2 Å². The highest BCUT2D eigenvalue weighted by Gasteiger charge is 2.27. The summed E-state index contributed by atoms with van der Waals surface area (Å²) in [6.07, 6.45) is 2.41. The minimum atomic E-state index is 0.428. The molecule has 0 radical (unpaired) electrons. The van der Waals surface area contributed by atoms with Gasteiger partial charge in [0.25, 0.3) is 0 Å². The van der Waals surface area contributed by atoms with Crippen molar-refractivity contribution in [3.8, 4) is 0 Å². The zero-order valence-electron chi connectivity index (χ0n) is 11.6. The fourth-order valence-electron chi connectivity index (χ4n) is 3.01. The number of nitrogens with zero attached hydrogens (tertiary/aromatic N) is 1. The van der Waals surface area contributed by atoms with Gasteiger partial charge in [-0.05, 0) is 71.1 Å². The molecule has 0 aromatic heterocycles. The number of hydrogen-bond donors (Lipinski definition) is 1. The maximum absolute atomic E-state index is 5.93. The Morgan fingerprint density at radius 2 is 2.05 bits per heavy atom. The Labute approximate surface area is 128 Å². The van der Waals surface area contributed by atoms with Crippen LogP contribution in [0, 0.1) is 6.92 Å². The third kappa shape index (κ3) is 2.55. The van der Waals surface area contributed by atoms with Gasteiger partial charge in [-0.2, -0.15) is 0 Å². The zero-order valence-corrected chi connectivity index (χ0v) is 13.2. The second-order valence-electron chi connectivity index (χ2n) is 5.48. The first kappa shape index (κ1) is 13.5. The maximum Gasteiger partial charge on any atom is 0.0544 e. The molecule has 104 valence electrons. The summed E-state index contributed by atoms with van der Waals surface area (Å²) in [6, 6.07) is 15.3. The van der Waals surface area contributed by atoms with E-state index >= 15 is 0 Å². The molecular weight excluding hydrogens is 312 g/mol. The molecule has 1 saturated heterocycles. The molecule has 2 nitrogen and oxygen atoms in total. The molecule has 1 fully saturated rings. The van der Waals surface area contributed by atoms with Crippen LogP contribution in [-0.4, -0.2) is 6.54 Å². The Kier molecular flexibility index (Phi) is 3.70. The number of nitrogen functional groups attached to an aromatic ring is 1. The van der Waals surface area contributed by atoms with Crippen molar-refractivity contribution in [2.75, 3.05) is 17.2 Å². The summed E-state index contributed by atoms with van der Waals surface area (Å²) < 4.78 is 1.17. The highest BCUT2D eigenvalue weighted by molar-refractivity contribution is 9.10. The molecule has 1 aliphatic rings. The van der Waals surface area contributed by atoms with Gasteiger partial charge < -0.3 is 10.6 Å². The summed E-state index contributed by atoms with van der Waals surface area (Å²) in [4.78, 5) is 2.48. The molecule has 0 spiro atoms. The maximum atomic E-state index is 5.93. The van der Waals surface area contributed by atoms with Crippen LogP contribution in [0.1, 0.15) is 30.0 Å². The lowest BCUT2D eigenvalue weighted by molar-refractivity contribution is 0.718. The average Bonchev–Trinajstić information content (AvgIpc) is 2.87. The molecule has 1 heterocycles. The summed E-state index contributed by atoms with van der Waals surface area (Å²) in [7, 11) is 0. The largest absolute Gasteiger partial charge is 0.399 e. The molecule has 3 rings (SSSR count). The molecule has 1 atom stereocenters.